The Kier molecular flexibility index (Phi) is 6.73. The smallest absolute Gasteiger partial charge is 0.243 e. The van der Waals surface area contributed by atoms with Crippen molar-refractivity contribution in [3.63, 3.8) is 0 Å². The summed E-state index contributed by atoms with van der Waals surface area (Å²) in [5.41, 5.74) is 0.912. The van der Waals surface area contributed by atoms with Gasteiger partial charge in [0.25, 0.3) is 0 Å². The van der Waals surface area contributed by atoms with Crippen molar-refractivity contribution in [3.05, 3.63) is 48.5 Å². The minimum absolute atomic E-state index is 0.216. The molecule has 30 heavy (non-hydrogen) atoms. The van der Waals surface area contributed by atoms with Gasteiger partial charge in [0.15, 0.2) is 0 Å². The zero-order valence-corrected chi connectivity index (χ0v) is 17.7. The number of methoxy groups -OCH3 is 1. The van der Waals surface area contributed by atoms with Crippen molar-refractivity contribution in [2.75, 3.05) is 30.8 Å². The van der Waals surface area contributed by atoms with E-state index in [1.54, 1.807) is 48.5 Å². The number of rotatable bonds is 6. The summed E-state index contributed by atoms with van der Waals surface area (Å²) >= 11 is 0. The van der Waals surface area contributed by atoms with Crippen LogP contribution < -0.4 is 15.4 Å². The molecule has 0 aliphatic carbocycles. The molecule has 0 bridgehead atoms. The SMILES string of the molecule is COc1ccc(NC(C)=O)c(NC(=O)C2CCN(S(=O)(=O)c3ccccc3)CC2)c1. The van der Waals surface area contributed by atoms with Crippen LogP contribution in [0.5, 0.6) is 5.75 Å². The maximum absolute atomic E-state index is 12.8. The summed E-state index contributed by atoms with van der Waals surface area (Å²) in [7, 11) is -2.05. The third-order valence-electron chi connectivity index (χ3n) is 5.00. The van der Waals surface area contributed by atoms with Gasteiger partial charge in [-0.05, 0) is 37.1 Å². The van der Waals surface area contributed by atoms with E-state index in [0.29, 0.717) is 30.0 Å². The summed E-state index contributed by atoms with van der Waals surface area (Å²) in [6, 6.07) is 13.3. The summed E-state index contributed by atoms with van der Waals surface area (Å²) in [5.74, 6) is -0.256. The van der Waals surface area contributed by atoms with Gasteiger partial charge in [0.1, 0.15) is 5.75 Å². The number of hydrogen-bond donors (Lipinski definition) is 2. The molecule has 0 radical (unpaired) electrons. The lowest BCUT2D eigenvalue weighted by Gasteiger charge is -2.30. The molecule has 0 aromatic heterocycles. The summed E-state index contributed by atoms with van der Waals surface area (Å²) in [4.78, 5) is 24.5. The Labute approximate surface area is 176 Å². The molecule has 2 aromatic carbocycles. The van der Waals surface area contributed by atoms with Crippen molar-refractivity contribution >= 4 is 33.2 Å². The Hall–Kier alpha value is -2.91. The number of anilines is 2. The molecule has 0 atom stereocenters. The van der Waals surface area contributed by atoms with E-state index < -0.39 is 10.0 Å². The number of hydrogen-bond acceptors (Lipinski definition) is 5. The monoisotopic (exact) mass is 431 g/mol. The average molecular weight is 432 g/mol. The van der Waals surface area contributed by atoms with Gasteiger partial charge in [-0.25, -0.2) is 8.42 Å². The quantitative estimate of drug-likeness (QED) is 0.732. The van der Waals surface area contributed by atoms with Gasteiger partial charge in [-0.2, -0.15) is 4.31 Å². The van der Waals surface area contributed by atoms with Crippen LogP contribution in [0.25, 0.3) is 0 Å². The Balaban J connectivity index is 1.67. The molecule has 9 heteroatoms. The Morgan fingerprint density at radius 3 is 2.27 bits per heavy atom. The van der Waals surface area contributed by atoms with Crippen LogP contribution in [-0.2, 0) is 19.6 Å². The van der Waals surface area contributed by atoms with E-state index in [-0.39, 0.29) is 35.7 Å². The van der Waals surface area contributed by atoms with Gasteiger partial charge in [0.2, 0.25) is 21.8 Å². The number of carbonyl (C=O) groups excluding carboxylic acids is 2. The van der Waals surface area contributed by atoms with Crippen molar-refractivity contribution < 1.29 is 22.7 Å². The first-order valence-corrected chi connectivity index (χ1v) is 11.1. The Morgan fingerprint density at radius 1 is 1.00 bits per heavy atom. The molecular weight excluding hydrogens is 406 g/mol. The molecule has 1 aliphatic heterocycles. The predicted molar refractivity (Wildman–Crippen MR) is 114 cm³/mol. The van der Waals surface area contributed by atoms with Gasteiger partial charge in [0.05, 0.1) is 23.4 Å². The summed E-state index contributed by atoms with van der Waals surface area (Å²) in [5, 5.41) is 5.53. The lowest BCUT2D eigenvalue weighted by atomic mass is 9.97. The second kappa shape index (κ2) is 9.27. The number of nitrogens with zero attached hydrogens (tertiary/aromatic N) is 1. The van der Waals surface area contributed by atoms with E-state index in [2.05, 4.69) is 10.6 Å². The molecule has 0 unspecified atom stereocenters. The number of ether oxygens (including phenoxy) is 1. The highest BCUT2D eigenvalue weighted by molar-refractivity contribution is 7.89. The maximum atomic E-state index is 12.8. The second-order valence-corrected chi connectivity index (χ2v) is 9.01. The zero-order chi connectivity index (χ0) is 21.7. The van der Waals surface area contributed by atoms with Crippen molar-refractivity contribution in [1.29, 1.82) is 0 Å². The highest BCUT2D eigenvalue weighted by atomic mass is 32.2. The molecule has 2 N–H and O–H groups in total. The molecular formula is C21H25N3O5S. The van der Waals surface area contributed by atoms with Crippen molar-refractivity contribution in [2.45, 2.75) is 24.7 Å². The van der Waals surface area contributed by atoms with Gasteiger partial charge in [-0.15, -0.1) is 0 Å². The lowest BCUT2D eigenvalue weighted by Crippen LogP contribution is -2.41. The fourth-order valence-electron chi connectivity index (χ4n) is 3.39. The van der Waals surface area contributed by atoms with Gasteiger partial charge >= 0.3 is 0 Å². The molecule has 1 saturated heterocycles. The first-order valence-electron chi connectivity index (χ1n) is 9.63. The van der Waals surface area contributed by atoms with E-state index in [1.807, 2.05) is 0 Å². The van der Waals surface area contributed by atoms with Crippen LogP contribution in [0.1, 0.15) is 19.8 Å². The number of nitrogens with one attached hydrogen (secondary N) is 2. The normalized spacial score (nSPS) is 15.4. The van der Waals surface area contributed by atoms with Gasteiger partial charge in [-0.1, -0.05) is 18.2 Å². The van der Waals surface area contributed by atoms with Crippen LogP contribution in [0.15, 0.2) is 53.4 Å². The highest BCUT2D eigenvalue weighted by Crippen LogP contribution is 2.29. The largest absolute Gasteiger partial charge is 0.497 e. The molecule has 0 spiro atoms. The first-order chi connectivity index (χ1) is 14.3. The van der Waals surface area contributed by atoms with Gasteiger partial charge in [-0.3, -0.25) is 9.59 Å². The predicted octanol–water partition coefficient (Wildman–Crippen LogP) is 2.69. The van der Waals surface area contributed by atoms with E-state index in [0.717, 1.165) is 0 Å². The summed E-state index contributed by atoms with van der Waals surface area (Å²) < 4.78 is 32.1. The number of piperidine rings is 1. The minimum Gasteiger partial charge on any atom is -0.497 e. The van der Waals surface area contributed by atoms with Crippen LogP contribution in [-0.4, -0.2) is 44.7 Å². The second-order valence-electron chi connectivity index (χ2n) is 7.07. The molecule has 2 amide bonds. The highest BCUT2D eigenvalue weighted by Gasteiger charge is 2.32. The van der Waals surface area contributed by atoms with E-state index in [9.17, 15) is 18.0 Å². The number of sulfonamides is 1. The molecule has 1 fully saturated rings. The van der Waals surface area contributed by atoms with E-state index in [4.69, 9.17) is 4.74 Å². The molecule has 1 aliphatic rings. The third-order valence-corrected chi connectivity index (χ3v) is 6.91. The Morgan fingerprint density at radius 2 is 1.67 bits per heavy atom. The topological polar surface area (TPSA) is 105 Å². The first kappa shape index (κ1) is 21.8. The average Bonchev–Trinajstić information content (AvgIpc) is 2.75. The van der Waals surface area contributed by atoms with Gasteiger partial charge < -0.3 is 15.4 Å². The van der Waals surface area contributed by atoms with Crippen LogP contribution in [0, 0.1) is 5.92 Å². The van der Waals surface area contributed by atoms with Crippen molar-refractivity contribution in [3.8, 4) is 5.75 Å². The third kappa shape index (κ3) is 4.98. The maximum Gasteiger partial charge on any atom is 0.243 e. The van der Waals surface area contributed by atoms with Crippen LogP contribution in [0.2, 0.25) is 0 Å². The number of carbonyl (C=O) groups is 2. The molecule has 1 heterocycles. The minimum atomic E-state index is -3.56. The van der Waals surface area contributed by atoms with Gasteiger partial charge in [0, 0.05) is 32.0 Å². The summed E-state index contributed by atoms with van der Waals surface area (Å²) in [6.45, 7) is 1.93. The van der Waals surface area contributed by atoms with Crippen molar-refractivity contribution in [1.82, 2.24) is 4.31 Å². The fraction of sp³-hybridized carbons (Fsp3) is 0.333. The fourth-order valence-corrected chi connectivity index (χ4v) is 4.88. The van der Waals surface area contributed by atoms with Crippen LogP contribution in [0.4, 0.5) is 11.4 Å². The summed E-state index contributed by atoms with van der Waals surface area (Å²) in [6.07, 6.45) is 0.828. The molecule has 160 valence electrons. The number of amides is 2. The lowest BCUT2D eigenvalue weighted by molar-refractivity contribution is -0.121. The molecule has 0 saturated carbocycles. The Bertz CT molecular complexity index is 1020. The molecule has 8 nitrogen and oxygen atoms in total. The molecule has 3 rings (SSSR count). The number of benzene rings is 2. The van der Waals surface area contributed by atoms with E-state index >= 15 is 0 Å². The standard InChI is InChI=1S/C21H25N3O5S/c1-15(25)22-19-9-8-17(29-2)14-20(19)23-21(26)16-10-12-24(13-11-16)30(27,28)18-6-4-3-5-7-18/h3-9,14,16H,10-13H2,1-2H3,(H,22,25)(H,23,26). The van der Waals surface area contributed by atoms with Crippen LogP contribution >= 0.6 is 0 Å². The van der Waals surface area contributed by atoms with Crippen LogP contribution in [0.3, 0.4) is 0 Å². The van der Waals surface area contributed by atoms with E-state index in [1.165, 1.54) is 18.3 Å². The zero-order valence-electron chi connectivity index (χ0n) is 16.9. The molecule has 2 aromatic rings. The van der Waals surface area contributed by atoms with Crippen molar-refractivity contribution in [2.24, 2.45) is 5.92 Å².